The second kappa shape index (κ2) is 5.13. The van der Waals surface area contributed by atoms with Crippen LogP contribution < -0.4 is 0 Å². The van der Waals surface area contributed by atoms with E-state index in [0.29, 0.717) is 5.69 Å². The third kappa shape index (κ3) is 2.40. The van der Waals surface area contributed by atoms with Crippen molar-refractivity contribution in [2.24, 2.45) is 0 Å². The number of nitrogens with zero attached hydrogens (tertiary/aromatic N) is 3. The first-order chi connectivity index (χ1) is 9.25. The number of rotatable bonds is 2. The number of amides is 1. The highest BCUT2D eigenvalue weighted by Gasteiger charge is 2.31. The Labute approximate surface area is 115 Å². The SMILES string of the molecule is Cc1csc([C@@H]2CCCCN2C(=O)c2ccon2)n1. The summed E-state index contributed by atoms with van der Waals surface area (Å²) in [6.45, 7) is 2.74. The predicted molar refractivity (Wildman–Crippen MR) is 71.0 cm³/mol. The van der Waals surface area contributed by atoms with Crippen molar-refractivity contribution < 1.29 is 9.32 Å². The summed E-state index contributed by atoms with van der Waals surface area (Å²) in [5, 5.41) is 6.79. The van der Waals surface area contributed by atoms with Crippen LogP contribution in [0.25, 0.3) is 0 Å². The van der Waals surface area contributed by atoms with Gasteiger partial charge >= 0.3 is 0 Å². The summed E-state index contributed by atoms with van der Waals surface area (Å²) >= 11 is 1.63. The molecule has 0 unspecified atom stereocenters. The van der Waals surface area contributed by atoms with Gasteiger partial charge in [-0.15, -0.1) is 11.3 Å². The van der Waals surface area contributed by atoms with Crippen LogP contribution in [0.3, 0.4) is 0 Å². The van der Waals surface area contributed by atoms with Crippen molar-refractivity contribution >= 4 is 17.2 Å². The van der Waals surface area contributed by atoms with Crippen molar-refractivity contribution in [3.8, 4) is 0 Å². The molecule has 1 aliphatic rings. The van der Waals surface area contributed by atoms with Crippen LogP contribution in [0.5, 0.6) is 0 Å². The zero-order valence-electron chi connectivity index (χ0n) is 10.7. The van der Waals surface area contributed by atoms with Gasteiger partial charge in [0, 0.05) is 23.7 Å². The van der Waals surface area contributed by atoms with Gasteiger partial charge in [-0.25, -0.2) is 4.98 Å². The summed E-state index contributed by atoms with van der Waals surface area (Å²) < 4.78 is 4.76. The molecular formula is C13H15N3O2S. The minimum absolute atomic E-state index is 0.0636. The molecule has 19 heavy (non-hydrogen) atoms. The number of hydrogen-bond acceptors (Lipinski definition) is 5. The molecule has 0 bridgehead atoms. The lowest BCUT2D eigenvalue weighted by Gasteiger charge is -2.33. The maximum Gasteiger partial charge on any atom is 0.276 e. The largest absolute Gasteiger partial charge is 0.364 e. The van der Waals surface area contributed by atoms with Gasteiger partial charge < -0.3 is 9.42 Å². The zero-order chi connectivity index (χ0) is 13.2. The Kier molecular flexibility index (Phi) is 3.33. The van der Waals surface area contributed by atoms with Gasteiger partial charge in [-0.2, -0.15) is 0 Å². The van der Waals surface area contributed by atoms with Crippen molar-refractivity contribution in [1.29, 1.82) is 0 Å². The second-order valence-corrected chi connectivity index (χ2v) is 5.61. The molecule has 0 N–H and O–H groups in total. The summed E-state index contributed by atoms with van der Waals surface area (Å²) in [4.78, 5) is 18.8. The third-order valence-electron chi connectivity index (χ3n) is 3.34. The van der Waals surface area contributed by atoms with Crippen molar-refractivity contribution in [3.63, 3.8) is 0 Å². The van der Waals surface area contributed by atoms with Crippen LogP contribution in [-0.2, 0) is 0 Å². The van der Waals surface area contributed by atoms with E-state index in [4.69, 9.17) is 4.52 Å². The fourth-order valence-corrected chi connectivity index (χ4v) is 3.37. The Hall–Kier alpha value is -1.69. The second-order valence-electron chi connectivity index (χ2n) is 4.72. The quantitative estimate of drug-likeness (QED) is 0.847. The minimum atomic E-state index is -0.0636. The number of likely N-dealkylation sites (tertiary alicyclic amines) is 1. The Morgan fingerprint density at radius 3 is 3.11 bits per heavy atom. The molecule has 2 aromatic rings. The normalized spacial score (nSPS) is 19.6. The molecule has 3 rings (SSSR count). The van der Waals surface area contributed by atoms with Crippen LogP contribution in [0.1, 0.15) is 46.5 Å². The van der Waals surface area contributed by atoms with Crippen LogP contribution >= 0.6 is 11.3 Å². The van der Waals surface area contributed by atoms with Gasteiger partial charge in [-0.3, -0.25) is 4.79 Å². The summed E-state index contributed by atoms with van der Waals surface area (Å²) in [7, 11) is 0. The van der Waals surface area contributed by atoms with E-state index in [1.807, 2.05) is 17.2 Å². The fourth-order valence-electron chi connectivity index (χ4n) is 2.43. The molecule has 0 aromatic carbocycles. The Morgan fingerprint density at radius 1 is 1.53 bits per heavy atom. The van der Waals surface area contributed by atoms with Crippen LogP contribution in [-0.4, -0.2) is 27.5 Å². The number of carbonyl (C=O) groups is 1. The average Bonchev–Trinajstić information content (AvgIpc) is 3.09. The van der Waals surface area contributed by atoms with Crippen molar-refractivity contribution in [3.05, 3.63) is 34.1 Å². The van der Waals surface area contributed by atoms with Gasteiger partial charge in [-0.05, 0) is 26.2 Å². The Morgan fingerprint density at radius 2 is 2.42 bits per heavy atom. The van der Waals surface area contributed by atoms with Gasteiger partial charge in [0.2, 0.25) is 0 Å². The van der Waals surface area contributed by atoms with Gasteiger partial charge in [0.15, 0.2) is 5.69 Å². The highest BCUT2D eigenvalue weighted by molar-refractivity contribution is 7.09. The number of thiazole rings is 1. The molecule has 3 heterocycles. The fraction of sp³-hybridized carbons (Fsp3) is 0.462. The molecule has 2 aromatic heterocycles. The maximum absolute atomic E-state index is 12.4. The number of piperidine rings is 1. The first kappa shape index (κ1) is 12.3. The summed E-state index contributed by atoms with van der Waals surface area (Å²) in [5.41, 5.74) is 1.39. The Bertz CT molecular complexity index is 564. The number of aryl methyl sites for hydroxylation is 1. The molecule has 1 atom stereocenters. The molecule has 0 aliphatic carbocycles. The van der Waals surface area contributed by atoms with E-state index in [1.54, 1.807) is 17.4 Å². The van der Waals surface area contributed by atoms with Crippen LogP contribution in [0.2, 0.25) is 0 Å². The van der Waals surface area contributed by atoms with E-state index in [0.717, 1.165) is 36.5 Å². The van der Waals surface area contributed by atoms with Crippen molar-refractivity contribution in [2.75, 3.05) is 6.54 Å². The van der Waals surface area contributed by atoms with E-state index in [9.17, 15) is 4.79 Å². The molecular weight excluding hydrogens is 262 g/mol. The molecule has 1 aliphatic heterocycles. The van der Waals surface area contributed by atoms with Crippen molar-refractivity contribution in [1.82, 2.24) is 15.0 Å². The Balaban J connectivity index is 1.87. The van der Waals surface area contributed by atoms with E-state index in [1.165, 1.54) is 6.26 Å². The number of aromatic nitrogens is 2. The monoisotopic (exact) mass is 277 g/mol. The smallest absolute Gasteiger partial charge is 0.276 e. The summed E-state index contributed by atoms with van der Waals surface area (Å²) in [6.07, 6.45) is 4.56. The molecule has 100 valence electrons. The third-order valence-corrected chi connectivity index (χ3v) is 4.41. The molecule has 1 fully saturated rings. The molecule has 0 saturated carbocycles. The molecule has 0 spiro atoms. The lowest BCUT2D eigenvalue weighted by atomic mass is 10.0. The minimum Gasteiger partial charge on any atom is -0.364 e. The van der Waals surface area contributed by atoms with Gasteiger partial charge in [0.1, 0.15) is 11.3 Å². The summed E-state index contributed by atoms with van der Waals surface area (Å²) in [5.74, 6) is -0.0636. The zero-order valence-corrected chi connectivity index (χ0v) is 11.5. The first-order valence-corrected chi connectivity index (χ1v) is 7.27. The molecule has 6 heteroatoms. The number of carbonyl (C=O) groups excluding carboxylic acids is 1. The van der Waals surface area contributed by atoms with Crippen LogP contribution in [0.4, 0.5) is 0 Å². The van der Waals surface area contributed by atoms with Gasteiger partial charge in [0.25, 0.3) is 5.91 Å². The van der Waals surface area contributed by atoms with Crippen LogP contribution in [0.15, 0.2) is 22.2 Å². The average molecular weight is 277 g/mol. The lowest BCUT2D eigenvalue weighted by molar-refractivity contribution is 0.0600. The lowest BCUT2D eigenvalue weighted by Crippen LogP contribution is -2.38. The standard InChI is InChI=1S/C13H15N3O2S/c1-9-8-19-12(14-9)11-4-2-3-6-16(11)13(17)10-5-7-18-15-10/h5,7-8,11H,2-4,6H2,1H3/t11-/m0/s1. The topological polar surface area (TPSA) is 59.2 Å². The van der Waals surface area contributed by atoms with E-state index in [2.05, 4.69) is 10.1 Å². The van der Waals surface area contributed by atoms with Crippen molar-refractivity contribution in [2.45, 2.75) is 32.2 Å². The maximum atomic E-state index is 12.4. The molecule has 1 saturated heterocycles. The van der Waals surface area contributed by atoms with Gasteiger partial charge in [-0.1, -0.05) is 5.16 Å². The van der Waals surface area contributed by atoms with Gasteiger partial charge in [0.05, 0.1) is 6.04 Å². The molecule has 5 nitrogen and oxygen atoms in total. The highest BCUT2D eigenvalue weighted by Crippen LogP contribution is 2.33. The van der Waals surface area contributed by atoms with E-state index in [-0.39, 0.29) is 11.9 Å². The predicted octanol–water partition coefficient (Wildman–Crippen LogP) is 2.81. The molecule has 1 amide bonds. The molecule has 0 radical (unpaired) electrons. The summed E-state index contributed by atoms with van der Waals surface area (Å²) in [6, 6.07) is 1.69. The van der Waals surface area contributed by atoms with Crippen LogP contribution in [0, 0.1) is 6.92 Å². The van der Waals surface area contributed by atoms with E-state index >= 15 is 0 Å². The number of hydrogen-bond donors (Lipinski definition) is 0. The van der Waals surface area contributed by atoms with E-state index < -0.39 is 0 Å². The first-order valence-electron chi connectivity index (χ1n) is 6.39. The highest BCUT2D eigenvalue weighted by atomic mass is 32.1.